The first-order valence-corrected chi connectivity index (χ1v) is 8.84. The molecule has 2 aromatic rings. The van der Waals surface area contributed by atoms with Crippen molar-refractivity contribution >= 4 is 34.0 Å². The van der Waals surface area contributed by atoms with Crippen molar-refractivity contribution in [1.82, 2.24) is 0 Å². The summed E-state index contributed by atoms with van der Waals surface area (Å²) < 4.78 is 12.6. The summed E-state index contributed by atoms with van der Waals surface area (Å²) in [6.45, 7) is 3.96. The molecule has 0 aliphatic carbocycles. The Kier molecular flexibility index (Phi) is 4.49. The summed E-state index contributed by atoms with van der Waals surface area (Å²) in [5, 5.41) is 4.60. The van der Waals surface area contributed by atoms with Crippen LogP contribution in [0, 0.1) is 13.8 Å². The standard InChI is InChI=1S/C18H18N2O3S/c1-11-7-8-13(9-12(11)2)19-17(21)10-16-18(22)20-14-5-3-4-6-15(14)24(16)23/h3-9,16H,10H2,1-2H3,(H,19,21)(H,20,22). The summed E-state index contributed by atoms with van der Waals surface area (Å²) in [6.07, 6.45) is -0.125. The van der Waals surface area contributed by atoms with Crippen LogP contribution in [0.3, 0.4) is 0 Å². The molecule has 0 fully saturated rings. The molecule has 0 aromatic heterocycles. The second-order valence-corrected chi connectivity index (χ2v) is 7.43. The lowest BCUT2D eigenvalue weighted by Crippen LogP contribution is -2.39. The third kappa shape index (κ3) is 3.23. The van der Waals surface area contributed by atoms with E-state index >= 15 is 0 Å². The molecule has 6 heteroatoms. The van der Waals surface area contributed by atoms with Crippen LogP contribution >= 0.6 is 0 Å². The van der Waals surface area contributed by atoms with E-state index in [1.165, 1.54) is 0 Å². The van der Waals surface area contributed by atoms with E-state index in [1.54, 1.807) is 24.3 Å². The monoisotopic (exact) mass is 342 g/mol. The van der Waals surface area contributed by atoms with Crippen LogP contribution < -0.4 is 10.6 Å². The number of amides is 2. The topological polar surface area (TPSA) is 75.3 Å². The highest BCUT2D eigenvalue weighted by Crippen LogP contribution is 2.28. The molecule has 0 saturated carbocycles. The normalized spacial score (nSPS) is 19.3. The SMILES string of the molecule is Cc1ccc(NC(=O)CC2C(=O)Nc3ccccc3S2=O)cc1C. The fraction of sp³-hybridized carbons (Fsp3) is 0.222. The molecule has 2 aromatic carbocycles. The Hall–Kier alpha value is -2.47. The Bertz CT molecular complexity index is 848. The van der Waals surface area contributed by atoms with Gasteiger partial charge in [-0.15, -0.1) is 0 Å². The number of aryl methyl sites for hydroxylation is 2. The number of anilines is 2. The van der Waals surface area contributed by atoms with Crippen molar-refractivity contribution in [3.8, 4) is 0 Å². The molecule has 124 valence electrons. The summed E-state index contributed by atoms with van der Waals surface area (Å²) >= 11 is 0. The number of nitrogens with one attached hydrogen (secondary N) is 2. The van der Waals surface area contributed by atoms with Crippen molar-refractivity contribution in [1.29, 1.82) is 0 Å². The molecule has 1 heterocycles. The molecular formula is C18H18N2O3S. The molecule has 2 N–H and O–H groups in total. The zero-order valence-electron chi connectivity index (χ0n) is 13.5. The van der Waals surface area contributed by atoms with E-state index in [0.717, 1.165) is 11.1 Å². The third-order valence-corrected chi connectivity index (χ3v) is 5.76. The second kappa shape index (κ2) is 6.57. The van der Waals surface area contributed by atoms with Gasteiger partial charge in [0, 0.05) is 5.69 Å². The Morgan fingerprint density at radius 3 is 2.67 bits per heavy atom. The molecule has 0 saturated heterocycles. The lowest BCUT2D eigenvalue weighted by molar-refractivity contribution is -0.120. The largest absolute Gasteiger partial charge is 0.326 e. The predicted octanol–water partition coefficient (Wildman–Crippen LogP) is 2.76. The molecule has 0 spiro atoms. The average molecular weight is 342 g/mol. The minimum atomic E-state index is -1.54. The Labute approximate surface area is 142 Å². The van der Waals surface area contributed by atoms with Crippen LogP contribution in [0.2, 0.25) is 0 Å². The minimum absolute atomic E-state index is 0.125. The lowest BCUT2D eigenvalue weighted by atomic mass is 10.1. The highest BCUT2D eigenvalue weighted by molar-refractivity contribution is 7.86. The minimum Gasteiger partial charge on any atom is -0.326 e. The van der Waals surface area contributed by atoms with Crippen molar-refractivity contribution in [2.24, 2.45) is 0 Å². The van der Waals surface area contributed by atoms with Crippen LogP contribution in [0.4, 0.5) is 11.4 Å². The first-order valence-electron chi connectivity index (χ1n) is 7.63. The van der Waals surface area contributed by atoms with Gasteiger partial charge >= 0.3 is 0 Å². The molecule has 2 atom stereocenters. The molecular weight excluding hydrogens is 324 g/mol. The van der Waals surface area contributed by atoms with E-state index in [1.807, 2.05) is 32.0 Å². The lowest BCUT2D eigenvalue weighted by Gasteiger charge is -2.23. The van der Waals surface area contributed by atoms with Crippen molar-refractivity contribution in [3.05, 3.63) is 53.6 Å². The fourth-order valence-electron chi connectivity index (χ4n) is 2.58. The number of benzene rings is 2. The Balaban J connectivity index is 1.73. The summed E-state index contributed by atoms with van der Waals surface area (Å²) in [5.41, 5.74) is 3.43. The molecule has 1 aliphatic rings. The first kappa shape index (κ1) is 16.4. The number of hydrogen-bond donors (Lipinski definition) is 2. The first-order chi connectivity index (χ1) is 11.5. The van der Waals surface area contributed by atoms with Crippen LogP contribution in [0.25, 0.3) is 0 Å². The number of para-hydroxylation sites is 1. The summed E-state index contributed by atoms with van der Waals surface area (Å²) in [4.78, 5) is 25.0. The maximum absolute atomic E-state index is 12.6. The number of carbonyl (C=O) groups is 2. The molecule has 3 rings (SSSR count). The van der Waals surface area contributed by atoms with Gasteiger partial charge in [0.05, 0.1) is 27.8 Å². The van der Waals surface area contributed by atoms with Gasteiger partial charge in [0.15, 0.2) is 0 Å². The van der Waals surface area contributed by atoms with Crippen molar-refractivity contribution in [3.63, 3.8) is 0 Å². The maximum atomic E-state index is 12.6. The van der Waals surface area contributed by atoms with Crippen molar-refractivity contribution < 1.29 is 13.8 Å². The maximum Gasteiger partial charge on any atom is 0.241 e. The van der Waals surface area contributed by atoms with Gasteiger partial charge in [-0.1, -0.05) is 18.2 Å². The zero-order valence-corrected chi connectivity index (χ0v) is 14.3. The van der Waals surface area contributed by atoms with E-state index in [0.29, 0.717) is 16.3 Å². The summed E-state index contributed by atoms with van der Waals surface area (Å²) in [7, 11) is -1.54. The zero-order chi connectivity index (χ0) is 17.3. The second-order valence-electron chi connectivity index (χ2n) is 5.82. The fourth-order valence-corrected chi connectivity index (χ4v) is 3.99. The number of rotatable bonds is 3. The predicted molar refractivity (Wildman–Crippen MR) is 94.4 cm³/mol. The molecule has 0 radical (unpaired) electrons. The third-order valence-electron chi connectivity index (χ3n) is 4.07. The molecule has 0 bridgehead atoms. The Morgan fingerprint density at radius 1 is 1.17 bits per heavy atom. The quantitative estimate of drug-likeness (QED) is 0.900. The summed E-state index contributed by atoms with van der Waals surface area (Å²) in [5.74, 6) is -0.714. The number of carbonyl (C=O) groups excluding carboxylic acids is 2. The summed E-state index contributed by atoms with van der Waals surface area (Å²) in [6, 6.07) is 12.6. The van der Waals surface area contributed by atoms with E-state index in [9.17, 15) is 13.8 Å². The van der Waals surface area contributed by atoms with Crippen LogP contribution in [-0.2, 0) is 20.4 Å². The number of fused-ring (bicyclic) bond motifs is 1. The van der Waals surface area contributed by atoms with Crippen LogP contribution in [0.15, 0.2) is 47.4 Å². The van der Waals surface area contributed by atoms with Crippen LogP contribution in [-0.4, -0.2) is 21.3 Å². The highest BCUT2D eigenvalue weighted by atomic mass is 32.2. The van der Waals surface area contributed by atoms with E-state index in [-0.39, 0.29) is 18.2 Å². The van der Waals surface area contributed by atoms with Gasteiger partial charge in [0.25, 0.3) is 0 Å². The van der Waals surface area contributed by atoms with Gasteiger partial charge in [-0.25, -0.2) is 0 Å². The van der Waals surface area contributed by atoms with Gasteiger partial charge in [-0.2, -0.15) is 0 Å². The van der Waals surface area contributed by atoms with Crippen LogP contribution in [0.1, 0.15) is 17.5 Å². The van der Waals surface area contributed by atoms with Gasteiger partial charge in [-0.05, 0) is 49.2 Å². The van der Waals surface area contributed by atoms with Crippen molar-refractivity contribution in [2.45, 2.75) is 30.4 Å². The van der Waals surface area contributed by atoms with E-state index in [2.05, 4.69) is 10.6 Å². The Morgan fingerprint density at radius 2 is 1.92 bits per heavy atom. The average Bonchev–Trinajstić information content (AvgIpc) is 2.55. The van der Waals surface area contributed by atoms with Gasteiger partial charge < -0.3 is 10.6 Å². The molecule has 1 aliphatic heterocycles. The van der Waals surface area contributed by atoms with E-state index in [4.69, 9.17) is 0 Å². The smallest absolute Gasteiger partial charge is 0.241 e. The van der Waals surface area contributed by atoms with Gasteiger partial charge in [-0.3, -0.25) is 13.8 Å². The van der Waals surface area contributed by atoms with Gasteiger partial charge in [0.2, 0.25) is 11.8 Å². The molecule has 5 nitrogen and oxygen atoms in total. The molecule has 24 heavy (non-hydrogen) atoms. The van der Waals surface area contributed by atoms with E-state index < -0.39 is 16.0 Å². The molecule has 2 unspecified atom stereocenters. The highest BCUT2D eigenvalue weighted by Gasteiger charge is 2.34. The molecule has 2 amide bonds. The van der Waals surface area contributed by atoms with Crippen LogP contribution in [0.5, 0.6) is 0 Å². The number of hydrogen-bond acceptors (Lipinski definition) is 3. The van der Waals surface area contributed by atoms with Gasteiger partial charge in [0.1, 0.15) is 5.25 Å². The van der Waals surface area contributed by atoms with Crippen molar-refractivity contribution in [2.75, 3.05) is 10.6 Å².